The number of nitrogens with one attached hydrogen (secondary N) is 2. The zero-order valence-corrected chi connectivity index (χ0v) is 9.65. The van der Waals surface area contributed by atoms with Gasteiger partial charge in [0.2, 0.25) is 5.91 Å². The number of rotatable bonds is 2. The standard InChI is InChI=1S/C10H18N2O2.ClH/c13-10(8-3-4-11-6-8)12-9-2-1-5-14-7-9;/h8-9,11H,1-7H2,(H,12,13);1H/t8-,9?;/m1./s1. The molecule has 15 heavy (non-hydrogen) atoms. The van der Waals surface area contributed by atoms with Crippen molar-refractivity contribution >= 4 is 18.3 Å². The molecule has 0 aromatic carbocycles. The second kappa shape index (κ2) is 6.30. The smallest absolute Gasteiger partial charge is 0.224 e. The Kier molecular flexibility index (Phi) is 5.36. The lowest BCUT2D eigenvalue weighted by atomic mass is 10.1. The number of hydrogen-bond donors (Lipinski definition) is 2. The van der Waals surface area contributed by atoms with E-state index in [9.17, 15) is 4.79 Å². The van der Waals surface area contributed by atoms with Gasteiger partial charge in [0.25, 0.3) is 0 Å². The van der Waals surface area contributed by atoms with E-state index in [2.05, 4.69) is 10.6 Å². The highest BCUT2D eigenvalue weighted by Gasteiger charge is 2.25. The average Bonchev–Trinajstić information content (AvgIpc) is 2.72. The van der Waals surface area contributed by atoms with Crippen molar-refractivity contribution in [3.63, 3.8) is 0 Å². The van der Waals surface area contributed by atoms with E-state index in [-0.39, 0.29) is 30.3 Å². The summed E-state index contributed by atoms with van der Waals surface area (Å²) in [5, 5.41) is 6.26. The molecule has 2 aliphatic rings. The van der Waals surface area contributed by atoms with E-state index >= 15 is 0 Å². The Hall–Kier alpha value is -0.320. The molecule has 2 rings (SSSR count). The summed E-state index contributed by atoms with van der Waals surface area (Å²) in [7, 11) is 0. The Bertz CT molecular complexity index is 202. The number of carbonyl (C=O) groups is 1. The van der Waals surface area contributed by atoms with Crippen LogP contribution in [0.4, 0.5) is 0 Å². The molecule has 88 valence electrons. The van der Waals surface area contributed by atoms with Gasteiger partial charge < -0.3 is 15.4 Å². The van der Waals surface area contributed by atoms with Gasteiger partial charge in [-0.25, -0.2) is 0 Å². The van der Waals surface area contributed by atoms with Gasteiger partial charge in [-0.15, -0.1) is 12.4 Å². The zero-order chi connectivity index (χ0) is 9.80. The summed E-state index contributed by atoms with van der Waals surface area (Å²) in [6.45, 7) is 3.34. The van der Waals surface area contributed by atoms with E-state index in [1.807, 2.05) is 0 Å². The quantitative estimate of drug-likeness (QED) is 0.723. The van der Waals surface area contributed by atoms with Gasteiger partial charge in [-0.3, -0.25) is 4.79 Å². The first-order valence-corrected chi connectivity index (χ1v) is 5.45. The fourth-order valence-electron chi connectivity index (χ4n) is 2.05. The third-order valence-corrected chi connectivity index (χ3v) is 2.94. The van der Waals surface area contributed by atoms with Crippen molar-refractivity contribution in [3.05, 3.63) is 0 Å². The molecule has 1 unspecified atom stereocenters. The van der Waals surface area contributed by atoms with Crippen LogP contribution in [0, 0.1) is 5.92 Å². The van der Waals surface area contributed by atoms with Gasteiger partial charge in [0, 0.05) is 13.2 Å². The lowest BCUT2D eigenvalue weighted by molar-refractivity contribution is -0.126. The first-order chi connectivity index (χ1) is 6.86. The minimum absolute atomic E-state index is 0. The predicted octanol–water partition coefficient (Wildman–Crippen LogP) is 0.313. The number of ether oxygens (including phenoxy) is 1. The van der Waals surface area contributed by atoms with Crippen LogP contribution in [0.1, 0.15) is 19.3 Å². The molecule has 2 N–H and O–H groups in total. The Balaban J connectivity index is 0.00000112. The number of carbonyl (C=O) groups excluding carboxylic acids is 1. The van der Waals surface area contributed by atoms with Gasteiger partial charge in [-0.1, -0.05) is 0 Å². The zero-order valence-electron chi connectivity index (χ0n) is 8.83. The summed E-state index contributed by atoms with van der Waals surface area (Å²) < 4.78 is 5.32. The first kappa shape index (κ1) is 12.7. The number of hydrogen-bond acceptors (Lipinski definition) is 3. The van der Waals surface area contributed by atoms with Gasteiger partial charge in [0.05, 0.1) is 18.6 Å². The molecule has 1 amide bonds. The fourth-order valence-corrected chi connectivity index (χ4v) is 2.05. The second-order valence-electron chi connectivity index (χ2n) is 4.11. The van der Waals surface area contributed by atoms with Crippen LogP contribution in [0.25, 0.3) is 0 Å². The first-order valence-electron chi connectivity index (χ1n) is 5.45. The van der Waals surface area contributed by atoms with Crippen molar-refractivity contribution in [2.45, 2.75) is 25.3 Å². The second-order valence-corrected chi connectivity index (χ2v) is 4.11. The van der Waals surface area contributed by atoms with Crippen LogP contribution in [0.2, 0.25) is 0 Å². The molecule has 0 aliphatic carbocycles. The van der Waals surface area contributed by atoms with E-state index in [4.69, 9.17) is 4.74 Å². The van der Waals surface area contributed by atoms with Gasteiger partial charge in [0.1, 0.15) is 0 Å². The van der Waals surface area contributed by atoms with Crippen molar-refractivity contribution in [2.24, 2.45) is 5.92 Å². The maximum Gasteiger partial charge on any atom is 0.224 e. The molecule has 2 aliphatic heterocycles. The highest BCUT2D eigenvalue weighted by molar-refractivity contribution is 5.85. The van der Waals surface area contributed by atoms with Crippen LogP contribution >= 0.6 is 12.4 Å². The molecule has 0 bridgehead atoms. The van der Waals surface area contributed by atoms with E-state index in [0.29, 0.717) is 6.61 Å². The van der Waals surface area contributed by atoms with Crippen molar-refractivity contribution in [2.75, 3.05) is 26.3 Å². The van der Waals surface area contributed by atoms with Gasteiger partial charge in [-0.2, -0.15) is 0 Å². The Morgan fingerprint density at radius 2 is 2.27 bits per heavy atom. The highest BCUT2D eigenvalue weighted by Crippen LogP contribution is 2.10. The Morgan fingerprint density at radius 3 is 2.87 bits per heavy atom. The molecule has 2 atom stereocenters. The molecule has 5 heteroatoms. The normalized spacial score (nSPS) is 30.7. The topological polar surface area (TPSA) is 50.4 Å². The fraction of sp³-hybridized carbons (Fsp3) is 0.900. The molecular weight excluding hydrogens is 216 g/mol. The van der Waals surface area contributed by atoms with Crippen LogP contribution < -0.4 is 10.6 Å². The predicted molar refractivity (Wildman–Crippen MR) is 60.2 cm³/mol. The minimum atomic E-state index is 0. The molecule has 2 heterocycles. The van der Waals surface area contributed by atoms with Crippen LogP contribution in [-0.2, 0) is 9.53 Å². The Morgan fingerprint density at radius 1 is 1.40 bits per heavy atom. The van der Waals surface area contributed by atoms with E-state index < -0.39 is 0 Å². The molecule has 4 nitrogen and oxygen atoms in total. The van der Waals surface area contributed by atoms with E-state index in [1.165, 1.54) is 0 Å². The van der Waals surface area contributed by atoms with Crippen LogP contribution in [0.5, 0.6) is 0 Å². The molecule has 0 aromatic heterocycles. The maximum atomic E-state index is 11.7. The average molecular weight is 235 g/mol. The van der Waals surface area contributed by atoms with Gasteiger partial charge in [-0.05, 0) is 25.8 Å². The third-order valence-electron chi connectivity index (χ3n) is 2.94. The molecular formula is C10H19ClN2O2. The summed E-state index contributed by atoms with van der Waals surface area (Å²) in [5.74, 6) is 0.377. The minimum Gasteiger partial charge on any atom is -0.379 e. The molecule has 2 saturated heterocycles. The van der Waals surface area contributed by atoms with Crippen molar-refractivity contribution in [1.29, 1.82) is 0 Å². The summed E-state index contributed by atoms with van der Waals surface area (Å²) in [6, 6.07) is 0.247. The monoisotopic (exact) mass is 234 g/mol. The molecule has 2 fully saturated rings. The van der Waals surface area contributed by atoms with Crippen molar-refractivity contribution in [1.82, 2.24) is 10.6 Å². The number of amides is 1. The van der Waals surface area contributed by atoms with Crippen LogP contribution in [0.15, 0.2) is 0 Å². The van der Waals surface area contributed by atoms with Crippen molar-refractivity contribution < 1.29 is 9.53 Å². The van der Waals surface area contributed by atoms with E-state index in [0.717, 1.165) is 39.0 Å². The maximum absolute atomic E-state index is 11.7. The SMILES string of the molecule is Cl.O=C(NC1CCCOC1)[C@@H]1CCNC1. The molecule has 0 spiro atoms. The van der Waals surface area contributed by atoms with Crippen LogP contribution in [0.3, 0.4) is 0 Å². The lowest BCUT2D eigenvalue weighted by Crippen LogP contribution is -2.43. The largest absolute Gasteiger partial charge is 0.379 e. The third kappa shape index (κ3) is 3.63. The molecule has 0 aromatic rings. The summed E-state index contributed by atoms with van der Waals surface area (Å²) in [6.07, 6.45) is 3.10. The molecule has 0 saturated carbocycles. The van der Waals surface area contributed by atoms with E-state index in [1.54, 1.807) is 0 Å². The molecule has 0 radical (unpaired) electrons. The number of halogens is 1. The van der Waals surface area contributed by atoms with Gasteiger partial charge >= 0.3 is 0 Å². The van der Waals surface area contributed by atoms with Gasteiger partial charge in [0.15, 0.2) is 0 Å². The van der Waals surface area contributed by atoms with Crippen molar-refractivity contribution in [3.8, 4) is 0 Å². The highest BCUT2D eigenvalue weighted by atomic mass is 35.5. The van der Waals surface area contributed by atoms with Crippen LogP contribution in [-0.4, -0.2) is 38.3 Å². The summed E-state index contributed by atoms with van der Waals surface area (Å²) in [4.78, 5) is 11.7. The lowest BCUT2D eigenvalue weighted by Gasteiger charge is -2.24. The summed E-state index contributed by atoms with van der Waals surface area (Å²) in [5.41, 5.74) is 0. The Labute approximate surface area is 96.5 Å². The summed E-state index contributed by atoms with van der Waals surface area (Å²) >= 11 is 0.